The normalized spacial score (nSPS) is 12.6. The summed E-state index contributed by atoms with van der Waals surface area (Å²) in [6, 6.07) is 6.23. The molecule has 2 aromatic carbocycles. The summed E-state index contributed by atoms with van der Waals surface area (Å²) in [5.41, 5.74) is 0.0490. The van der Waals surface area contributed by atoms with Crippen molar-refractivity contribution in [1.29, 1.82) is 0 Å². The van der Waals surface area contributed by atoms with Gasteiger partial charge in [-0.15, -0.1) is 0 Å². The first kappa shape index (κ1) is 24.3. The zero-order chi connectivity index (χ0) is 24.5. The highest BCUT2D eigenvalue weighted by molar-refractivity contribution is 6.05. The first-order valence-electron chi connectivity index (χ1n) is 10.3. The SMILES string of the molecule is CC[C@@H](C)OC(=O)Cc1c(C)n(C(=O)c2ccc(C(F)(F)F)cc2)c2cc(F)c(OC)cc12. The number of esters is 1. The lowest BCUT2D eigenvalue weighted by Gasteiger charge is -2.11. The number of alkyl halides is 3. The lowest BCUT2D eigenvalue weighted by atomic mass is 10.1. The fraction of sp³-hybridized carbons (Fsp3) is 0.333. The van der Waals surface area contributed by atoms with Gasteiger partial charge in [0.15, 0.2) is 11.6 Å². The van der Waals surface area contributed by atoms with Crippen LogP contribution in [0.4, 0.5) is 17.6 Å². The van der Waals surface area contributed by atoms with Crippen LogP contribution in [0.2, 0.25) is 0 Å². The highest BCUT2D eigenvalue weighted by Gasteiger charge is 2.31. The van der Waals surface area contributed by atoms with E-state index in [0.717, 1.165) is 30.3 Å². The summed E-state index contributed by atoms with van der Waals surface area (Å²) in [5.74, 6) is -1.97. The predicted molar refractivity (Wildman–Crippen MR) is 114 cm³/mol. The second-order valence-corrected chi connectivity index (χ2v) is 7.67. The van der Waals surface area contributed by atoms with E-state index >= 15 is 0 Å². The summed E-state index contributed by atoms with van der Waals surface area (Å²) >= 11 is 0. The third kappa shape index (κ3) is 4.86. The van der Waals surface area contributed by atoms with Crippen LogP contribution in [0.1, 0.15) is 47.4 Å². The Hall–Kier alpha value is -3.36. The van der Waals surface area contributed by atoms with E-state index < -0.39 is 29.4 Å². The minimum absolute atomic E-state index is 0.0204. The molecular weight excluding hydrogens is 442 g/mol. The number of hydrogen-bond donors (Lipinski definition) is 0. The fourth-order valence-electron chi connectivity index (χ4n) is 3.55. The number of rotatable bonds is 6. The number of benzene rings is 2. The van der Waals surface area contributed by atoms with Crippen LogP contribution < -0.4 is 4.74 Å². The van der Waals surface area contributed by atoms with E-state index in [4.69, 9.17) is 9.47 Å². The molecule has 0 saturated carbocycles. The highest BCUT2D eigenvalue weighted by Crippen LogP contribution is 2.33. The van der Waals surface area contributed by atoms with Gasteiger partial charge in [0.25, 0.3) is 5.91 Å². The molecule has 0 amide bonds. The van der Waals surface area contributed by atoms with Crippen molar-refractivity contribution in [3.63, 3.8) is 0 Å². The monoisotopic (exact) mass is 465 g/mol. The van der Waals surface area contributed by atoms with Gasteiger partial charge in [0.2, 0.25) is 0 Å². The van der Waals surface area contributed by atoms with Gasteiger partial charge >= 0.3 is 12.1 Å². The molecule has 1 heterocycles. The van der Waals surface area contributed by atoms with Gasteiger partial charge in [-0.2, -0.15) is 13.2 Å². The van der Waals surface area contributed by atoms with Crippen LogP contribution in [0, 0.1) is 12.7 Å². The third-order valence-corrected chi connectivity index (χ3v) is 5.50. The van der Waals surface area contributed by atoms with Crippen LogP contribution in [0.5, 0.6) is 5.75 Å². The maximum absolute atomic E-state index is 14.5. The Balaban J connectivity index is 2.13. The molecular formula is C24H23F4NO4. The Bertz CT molecular complexity index is 1200. The largest absolute Gasteiger partial charge is 0.494 e. The molecule has 0 aliphatic rings. The molecule has 5 nitrogen and oxygen atoms in total. The third-order valence-electron chi connectivity index (χ3n) is 5.50. The van der Waals surface area contributed by atoms with E-state index in [9.17, 15) is 27.2 Å². The smallest absolute Gasteiger partial charge is 0.416 e. The number of halogens is 4. The van der Waals surface area contributed by atoms with Gasteiger partial charge in [-0.05, 0) is 56.2 Å². The average molecular weight is 465 g/mol. The number of fused-ring (bicyclic) bond motifs is 1. The number of methoxy groups -OCH3 is 1. The molecule has 9 heteroatoms. The van der Waals surface area contributed by atoms with Gasteiger partial charge < -0.3 is 9.47 Å². The van der Waals surface area contributed by atoms with Crippen molar-refractivity contribution < 1.29 is 36.6 Å². The number of carbonyl (C=O) groups excluding carboxylic acids is 2. The minimum atomic E-state index is -4.54. The molecule has 0 N–H and O–H groups in total. The molecule has 33 heavy (non-hydrogen) atoms. The topological polar surface area (TPSA) is 57.5 Å². The maximum Gasteiger partial charge on any atom is 0.416 e. The zero-order valence-corrected chi connectivity index (χ0v) is 18.5. The molecule has 0 aliphatic heterocycles. The van der Waals surface area contributed by atoms with Crippen LogP contribution in [-0.4, -0.2) is 29.7 Å². The lowest BCUT2D eigenvalue weighted by molar-refractivity contribution is -0.147. The van der Waals surface area contributed by atoms with Crippen LogP contribution in [-0.2, 0) is 22.1 Å². The van der Waals surface area contributed by atoms with E-state index in [2.05, 4.69) is 0 Å². The summed E-state index contributed by atoms with van der Waals surface area (Å²) < 4.78 is 64.7. The van der Waals surface area contributed by atoms with Crippen molar-refractivity contribution in [2.24, 2.45) is 0 Å². The van der Waals surface area contributed by atoms with Crippen molar-refractivity contribution in [1.82, 2.24) is 4.57 Å². The van der Waals surface area contributed by atoms with Crippen LogP contribution >= 0.6 is 0 Å². The highest BCUT2D eigenvalue weighted by atomic mass is 19.4. The standard InChI is InChI=1S/C24H23F4NO4/c1-5-13(2)33-22(30)11-17-14(3)29(20-12-19(25)21(32-4)10-18(17)20)23(31)15-6-8-16(9-7-15)24(26,27)28/h6-10,12-13H,5,11H2,1-4H3/t13-/m1/s1. The fourth-order valence-corrected chi connectivity index (χ4v) is 3.55. The summed E-state index contributed by atoms with van der Waals surface area (Å²) in [6.07, 6.45) is -4.39. The quantitative estimate of drug-likeness (QED) is 0.347. The van der Waals surface area contributed by atoms with E-state index in [0.29, 0.717) is 23.1 Å². The van der Waals surface area contributed by atoms with E-state index in [-0.39, 0.29) is 29.4 Å². The Kier molecular flexibility index (Phi) is 6.81. The number of carbonyl (C=O) groups is 2. The lowest BCUT2D eigenvalue weighted by Crippen LogP contribution is -2.17. The summed E-state index contributed by atoms with van der Waals surface area (Å²) in [4.78, 5) is 25.7. The summed E-state index contributed by atoms with van der Waals surface area (Å²) in [7, 11) is 1.29. The van der Waals surface area contributed by atoms with Gasteiger partial charge in [0, 0.05) is 22.7 Å². The van der Waals surface area contributed by atoms with Gasteiger partial charge in [-0.3, -0.25) is 14.2 Å². The van der Waals surface area contributed by atoms with Gasteiger partial charge in [0.1, 0.15) is 0 Å². The molecule has 1 atom stereocenters. The first-order chi connectivity index (χ1) is 15.5. The number of hydrogen-bond acceptors (Lipinski definition) is 4. The molecule has 3 aromatic rings. The van der Waals surface area contributed by atoms with Crippen molar-refractivity contribution >= 4 is 22.8 Å². The van der Waals surface area contributed by atoms with Crippen molar-refractivity contribution in [2.45, 2.75) is 45.9 Å². The van der Waals surface area contributed by atoms with Gasteiger partial charge in [0.05, 0.1) is 30.7 Å². The Morgan fingerprint density at radius 2 is 1.76 bits per heavy atom. The molecule has 0 unspecified atom stereocenters. The Labute approximate surface area is 187 Å². The van der Waals surface area contributed by atoms with E-state index in [1.165, 1.54) is 17.7 Å². The zero-order valence-electron chi connectivity index (χ0n) is 18.5. The van der Waals surface area contributed by atoms with Crippen LogP contribution in [0.15, 0.2) is 36.4 Å². The van der Waals surface area contributed by atoms with Gasteiger partial charge in [-0.1, -0.05) is 6.92 Å². The number of nitrogens with zero attached hydrogens (tertiary/aromatic N) is 1. The minimum Gasteiger partial charge on any atom is -0.494 e. The van der Waals surface area contributed by atoms with Crippen LogP contribution in [0.25, 0.3) is 10.9 Å². The Morgan fingerprint density at radius 1 is 1.12 bits per heavy atom. The molecule has 0 fully saturated rings. The summed E-state index contributed by atoms with van der Waals surface area (Å²) in [5, 5.41) is 0.409. The molecule has 3 rings (SSSR count). The van der Waals surface area contributed by atoms with E-state index in [1.807, 2.05) is 6.92 Å². The van der Waals surface area contributed by atoms with Crippen molar-refractivity contribution in [2.75, 3.05) is 7.11 Å². The molecule has 176 valence electrons. The van der Waals surface area contributed by atoms with Crippen molar-refractivity contribution in [3.8, 4) is 5.75 Å². The van der Waals surface area contributed by atoms with Gasteiger partial charge in [-0.25, -0.2) is 4.39 Å². The average Bonchev–Trinajstić information content (AvgIpc) is 3.02. The summed E-state index contributed by atoms with van der Waals surface area (Å²) in [6.45, 7) is 5.20. The maximum atomic E-state index is 14.5. The number of ether oxygens (including phenoxy) is 2. The molecule has 0 bridgehead atoms. The molecule has 0 aliphatic carbocycles. The Morgan fingerprint density at radius 3 is 2.30 bits per heavy atom. The molecule has 1 aromatic heterocycles. The van der Waals surface area contributed by atoms with Crippen LogP contribution in [0.3, 0.4) is 0 Å². The molecule has 0 saturated heterocycles. The van der Waals surface area contributed by atoms with E-state index in [1.54, 1.807) is 13.8 Å². The predicted octanol–water partition coefficient (Wildman–Crippen LogP) is 5.69. The number of aromatic nitrogens is 1. The second kappa shape index (κ2) is 9.25. The van der Waals surface area contributed by atoms with Crippen molar-refractivity contribution in [3.05, 3.63) is 64.6 Å². The molecule has 0 radical (unpaired) electrons. The first-order valence-corrected chi connectivity index (χ1v) is 10.3. The second-order valence-electron chi connectivity index (χ2n) is 7.67. The molecule has 0 spiro atoms.